The van der Waals surface area contributed by atoms with Crippen molar-refractivity contribution in [1.82, 2.24) is 10.3 Å². The normalized spacial score (nSPS) is 14.0. The number of amides is 3. The van der Waals surface area contributed by atoms with Crippen molar-refractivity contribution in [1.29, 1.82) is 0 Å². The van der Waals surface area contributed by atoms with Crippen LogP contribution in [-0.4, -0.2) is 35.8 Å². The SMILES string of the molecule is COC(=O)CC(=O)Nc1c(C)[nH]c(/C=C2\C(=O)Nc3ccc(C(=O)N[C@H](C)c4ccc(F)cc4)cc32)c1C. The predicted molar refractivity (Wildman–Crippen MR) is 141 cm³/mol. The van der Waals surface area contributed by atoms with E-state index in [1.165, 1.54) is 19.2 Å². The first-order chi connectivity index (χ1) is 18.1. The summed E-state index contributed by atoms with van der Waals surface area (Å²) in [5.41, 5.74) is 5.00. The fourth-order valence-electron chi connectivity index (χ4n) is 4.22. The molecule has 3 amide bonds. The lowest BCUT2D eigenvalue weighted by atomic mass is 10.0. The van der Waals surface area contributed by atoms with Crippen LogP contribution in [0.25, 0.3) is 11.6 Å². The van der Waals surface area contributed by atoms with Crippen LogP contribution in [-0.2, 0) is 19.1 Å². The topological polar surface area (TPSA) is 129 Å². The molecule has 1 atom stereocenters. The van der Waals surface area contributed by atoms with E-state index in [4.69, 9.17) is 0 Å². The fraction of sp³-hybridized carbons (Fsp3) is 0.214. The minimum absolute atomic E-state index is 0.333. The van der Waals surface area contributed by atoms with Crippen molar-refractivity contribution >= 4 is 46.7 Å². The number of carbonyl (C=O) groups excluding carboxylic acids is 4. The number of hydrogen-bond donors (Lipinski definition) is 4. The summed E-state index contributed by atoms with van der Waals surface area (Å²) in [7, 11) is 1.21. The molecular weight excluding hydrogens is 491 g/mol. The molecule has 38 heavy (non-hydrogen) atoms. The number of anilines is 2. The minimum atomic E-state index is -0.651. The highest BCUT2D eigenvalue weighted by Crippen LogP contribution is 2.35. The standard InChI is InChI=1S/C28H27FN4O5/c1-14-23(30-16(3)26(14)33-24(34)13-25(35)38-4)12-21-20-11-18(7-10-22(20)32-28(21)37)27(36)31-15(2)17-5-8-19(29)9-6-17/h5-12,15,30H,13H2,1-4H3,(H,31,36)(H,32,37)(H,33,34)/b21-12-/t15-/m1/s1. The van der Waals surface area contributed by atoms with Gasteiger partial charge in [-0.05, 0) is 68.3 Å². The summed E-state index contributed by atoms with van der Waals surface area (Å²) < 4.78 is 17.8. The van der Waals surface area contributed by atoms with Crippen LogP contribution >= 0.6 is 0 Å². The van der Waals surface area contributed by atoms with Crippen molar-refractivity contribution in [3.63, 3.8) is 0 Å². The van der Waals surface area contributed by atoms with E-state index >= 15 is 0 Å². The first kappa shape index (κ1) is 26.3. The Morgan fingerprint density at radius 2 is 1.82 bits per heavy atom. The summed E-state index contributed by atoms with van der Waals surface area (Å²) in [4.78, 5) is 52.5. The molecule has 0 unspecified atom stereocenters. The molecule has 0 radical (unpaired) electrons. The van der Waals surface area contributed by atoms with Crippen molar-refractivity contribution in [2.24, 2.45) is 0 Å². The number of aromatic amines is 1. The van der Waals surface area contributed by atoms with Gasteiger partial charge in [-0.2, -0.15) is 0 Å². The number of nitrogens with one attached hydrogen (secondary N) is 4. The first-order valence-corrected chi connectivity index (χ1v) is 11.9. The molecule has 1 aliphatic rings. The smallest absolute Gasteiger partial charge is 0.315 e. The van der Waals surface area contributed by atoms with Crippen molar-refractivity contribution in [2.75, 3.05) is 17.7 Å². The second-order valence-corrected chi connectivity index (χ2v) is 8.98. The number of esters is 1. The Bertz CT molecular complexity index is 1470. The summed E-state index contributed by atoms with van der Waals surface area (Å²) in [5.74, 6) is -2.20. The van der Waals surface area contributed by atoms with E-state index in [1.807, 2.05) is 0 Å². The molecule has 10 heteroatoms. The Morgan fingerprint density at radius 1 is 1.11 bits per heavy atom. The number of aryl methyl sites for hydroxylation is 1. The van der Waals surface area contributed by atoms with Crippen LogP contribution < -0.4 is 16.0 Å². The molecule has 2 aromatic carbocycles. The molecule has 9 nitrogen and oxygen atoms in total. The van der Waals surface area contributed by atoms with Crippen LogP contribution in [0, 0.1) is 19.7 Å². The molecule has 0 aliphatic carbocycles. The van der Waals surface area contributed by atoms with Crippen molar-refractivity contribution in [3.05, 3.63) is 81.9 Å². The van der Waals surface area contributed by atoms with Gasteiger partial charge in [0.05, 0.1) is 24.4 Å². The predicted octanol–water partition coefficient (Wildman–Crippen LogP) is 4.26. The molecular formula is C28H27FN4O5. The highest BCUT2D eigenvalue weighted by Gasteiger charge is 2.27. The Kier molecular flexibility index (Phi) is 7.43. The minimum Gasteiger partial charge on any atom is -0.469 e. The maximum Gasteiger partial charge on any atom is 0.315 e. The van der Waals surface area contributed by atoms with Crippen molar-refractivity contribution < 1.29 is 28.3 Å². The molecule has 4 rings (SSSR count). The Labute approximate surface area is 218 Å². The molecule has 3 aromatic rings. The molecule has 2 heterocycles. The maximum atomic E-state index is 13.2. The largest absolute Gasteiger partial charge is 0.469 e. The highest BCUT2D eigenvalue weighted by molar-refractivity contribution is 6.35. The fourth-order valence-corrected chi connectivity index (χ4v) is 4.22. The Morgan fingerprint density at radius 3 is 2.50 bits per heavy atom. The summed E-state index contributed by atoms with van der Waals surface area (Å²) in [6.45, 7) is 5.33. The summed E-state index contributed by atoms with van der Waals surface area (Å²) in [5, 5.41) is 8.39. The number of aromatic nitrogens is 1. The van der Waals surface area contributed by atoms with E-state index in [2.05, 4.69) is 25.7 Å². The van der Waals surface area contributed by atoms with Gasteiger partial charge in [0.1, 0.15) is 12.2 Å². The Balaban J connectivity index is 1.58. The molecule has 0 saturated carbocycles. The lowest BCUT2D eigenvalue weighted by Crippen LogP contribution is -2.26. The average molecular weight is 519 g/mol. The number of hydrogen-bond acceptors (Lipinski definition) is 5. The first-order valence-electron chi connectivity index (χ1n) is 11.9. The van der Waals surface area contributed by atoms with Crippen LogP contribution in [0.2, 0.25) is 0 Å². The molecule has 0 saturated heterocycles. The van der Waals surface area contributed by atoms with E-state index in [0.717, 1.165) is 5.56 Å². The third kappa shape index (κ3) is 5.49. The average Bonchev–Trinajstić information content (AvgIpc) is 3.33. The second kappa shape index (κ2) is 10.7. The van der Waals surface area contributed by atoms with Gasteiger partial charge >= 0.3 is 5.97 Å². The molecule has 1 aromatic heterocycles. The van der Waals surface area contributed by atoms with Gasteiger partial charge in [0, 0.05) is 28.2 Å². The quantitative estimate of drug-likeness (QED) is 0.211. The highest BCUT2D eigenvalue weighted by atomic mass is 19.1. The molecule has 0 spiro atoms. The van der Waals surface area contributed by atoms with Gasteiger partial charge in [-0.25, -0.2) is 4.39 Å². The number of halogens is 1. The molecule has 1 aliphatic heterocycles. The van der Waals surface area contributed by atoms with Gasteiger partial charge in [0.2, 0.25) is 5.91 Å². The lowest BCUT2D eigenvalue weighted by Gasteiger charge is -2.15. The van der Waals surface area contributed by atoms with E-state index in [0.29, 0.717) is 45.0 Å². The number of fused-ring (bicyclic) bond motifs is 1. The maximum absolute atomic E-state index is 13.2. The summed E-state index contributed by atoms with van der Waals surface area (Å²) in [6.07, 6.45) is 1.24. The zero-order valence-electron chi connectivity index (χ0n) is 21.3. The number of benzene rings is 2. The van der Waals surface area contributed by atoms with Gasteiger partial charge < -0.3 is 25.7 Å². The third-order valence-corrected chi connectivity index (χ3v) is 6.34. The Hall–Kier alpha value is -4.73. The second-order valence-electron chi connectivity index (χ2n) is 8.98. The van der Waals surface area contributed by atoms with E-state index in [-0.39, 0.29) is 23.7 Å². The van der Waals surface area contributed by atoms with E-state index in [1.54, 1.807) is 57.2 Å². The van der Waals surface area contributed by atoms with E-state index in [9.17, 15) is 23.6 Å². The molecule has 0 bridgehead atoms. The third-order valence-electron chi connectivity index (χ3n) is 6.34. The van der Waals surface area contributed by atoms with Gasteiger partial charge in [-0.15, -0.1) is 0 Å². The monoisotopic (exact) mass is 518 g/mol. The molecule has 4 N–H and O–H groups in total. The van der Waals surface area contributed by atoms with Gasteiger partial charge in [0.25, 0.3) is 11.8 Å². The van der Waals surface area contributed by atoms with E-state index < -0.39 is 18.3 Å². The van der Waals surface area contributed by atoms with Crippen LogP contribution in [0.3, 0.4) is 0 Å². The zero-order valence-corrected chi connectivity index (χ0v) is 21.3. The summed E-state index contributed by atoms with van der Waals surface area (Å²) >= 11 is 0. The van der Waals surface area contributed by atoms with Crippen molar-refractivity contribution in [3.8, 4) is 0 Å². The van der Waals surface area contributed by atoms with Crippen LogP contribution in [0.5, 0.6) is 0 Å². The summed E-state index contributed by atoms with van der Waals surface area (Å²) in [6, 6.07) is 10.5. The zero-order chi connectivity index (χ0) is 27.6. The number of ether oxygens (including phenoxy) is 1. The van der Waals surface area contributed by atoms with Gasteiger partial charge in [-0.3, -0.25) is 19.2 Å². The van der Waals surface area contributed by atoms with Crippen LogP contribution in [0.15, 0.2) is 42.5 Å². The number of carbonyl (C=O) groups is 4. The number of H-pyrrole nitrogens is 1. The molecule has 196 valence electrons. The van der Waals surface area contributed by atoms with Gasteiger partial charge in [-0.1, -0.05) is 12.1 Å². The number of rotatable bonds is 7. The van der Waals surface area contributed by atoms with Crippen molar-refractivity contribution in [2.45, 2.75) is 33.2 Å². The van der Waals surface area contributed by atoms with Crippen LogP contribution in [0.4, 0.5) is 15.8 Å². The van der Waals surface area contributed by atoms with Gasteiger partial charge in [0.15, 0.2) is 0 Å². The number of methoxy groups -OCH3 is 1. The van der Waals surface area contributed by atoms with Crippen LogP contribution in [0.1, 0.15) is 57.8 Å². The molecule has 0 fully saturated rings. The lowest BCUT2D eigenvalue weighted by molar-refractivity contribution is -0.142.